The number of thioether (sulfide) groups is 1. The first kappa shape index (κ1) is 21.9. The zero-order chi connectivity index (χ0) is 23.2. The lowest BCUT2D eigenvalue weighted by Gasteiger charge is -1.99. The summed E-state index contributed by atoms with van der Waals surface area (Å²) in [5, 5.41) is 22.3. The SMILES string of the molecule is O=[N+]([O-])c1ccc(/C=N/c2oc(-c3ccc([N+](=O)[O-])cc3)nc2SCc2ccccc2)cc1. The molecule has 0 radical (unpaired) electrons. The Hall–Kier alpha value is -4.31. The number of benzene rings is 3. The smallest absolute Gasteiger partial charge is 0.269 e. The molecule has 1 heterocycles. The van der Waals surface area contributed by atoms with Crippen LogP contribution in [-0.2, 0) is 5.75 Å². The number of oxazole rings is 1. The Balaban J connectivity index is 1.62. The molecule has 0 saturated carbocycles. The normalized spacial score (nSPS) is 11.0. The van der Waals surface area contributed by atoms with Crippen LogP contribution in [0.25, 0.3) is 11.5 Å². The lowest BCUT2D eigenvalue weighted by Crippen LogP contribution is -1.88. The van der Waals surface area contributed by atoms with Gasteiger partial charge in [0.25, 0.3) is 17.3 Å². The van der Waals surface area contributed by atoms with E-state index in [1.54, 1.807) is 24.3 Å². The molecule has 0 bridgehead atoms. The Morgan fingerprint density at radius 3 is 2.09 bits per heavy atom. The highest BCUT2D eigenvalue weighted by Crippen LogP contribution is 2.36. The molecular weight excluding hydrogens is 444 g/mol. The number of nitrogens with zero attached hydrogens (tertiary/aromatic N) is 4. The molecule has 0 aliphatic rings. The fourth-order valence-corrected chi connectivity index (χ4v) is 3.73. The summed E-state index contributed by atoms with van der Waals surface area (Å²) in [7, 11) is 0. The minimum atomic E-state index is -0.472. The monoisotopic (exact) mass is 460 g/mol. The Bertz CT molecular complexity index is 1300. The van der Waals surface area contributed by atoms with Gasteiger partial charge in [0.15, 0.2) is 5.03 Å². The highest BCUT2D eigenvalue weighted by molar-refractivity contribution is 7.98. The van der Waals surface area contributed by atoms with E-state index in [9.17, 15) is 20.2 Å². The Kier molecular flexibility index (Phi) is 6.56. The number of aliphatic imine (C=N–C) groups is 1. The van der Waals surface area contributed by atoms with Crippen LogP contribution in [0.3, 0.4) is 0 Å². The minimum absolute atomic E-state index is 0.00798. The van der Waals surface area contributed by atoms with E-state index in [0.717, 1.165) is 5.56 Å². The first-order chi connectivity index (χ1) is 16.0. The van der Waals surface area contributed by atoms with Gasteiger partial charge in [0.1, 0.15) is 0 Å². The van der Waals surface area contributed by atoms with Gasteiger partial charge in [0.2, 0.25) is 5.89 Å². The van der Waals surface area contributed by atoms with E-state index in [1.165, 1.54) is 42.2 Å². The van der Waals surface area contributed by atoms with E-state index < -0.39 is 9.85 Å². The molecule has 0 aliphatic heterocycles. The third kappa shape index (κ3) is 5.49. The standard InChI is InChI=1S/C23H16N4O5S/c28-26(29)19-10-6-16(7-11-19)14-24-22-23(33-15-17-4-2-1-3-5-17)25-21(32-22)18-8-12-20(13-9-18)27(30)31/h1-14H,15H2/b24-14+. The van der Waals surface area contributed by atoms with E-state index in [0.29, 0.717) is 21.9 Å². The second-order valence-corrected chi connectivity index (χ2v) is 7.78. The summed E-state index contributed by atoms with van der Waals surface area (Å²) in [5.41, 5.74) is 2.31. The van der Waals surface area contributed by atoms with Gasteiger partial charge in [-0.05, 0) is 35.4 Å². The minimum Gasteiger partial charge on any atom is -0.417 e. The van der Waals surface area contributed by atoms with Gasteiger partial charge < -0.3 is 4.42 Å². The van der Waals surface area contributed by atoms with Crippen molar-refractivity contribution >= 4 is 35.2 Å². The molecule has 0 fully saturated rings. The second kappa shape index (κ2) is 9.88. The fourth-order valence-electron chi connectivity index (χ4n) is 2.86. The molecule has 0 aliphatic carbocycles. The van der Waals surface area contributed by atoms with E-state index in [4.69, 9.17) is 4.42 Å². The first-order valence-electron chi connectivity index (χ1n) is 9.70. The molecule has 33 heavy (non-hydrogen) atoms. The molecule has 0 N–H and O–H groups in total. The quantitative estimate of drug-likeness (QED) is 0.133. The maximum Gasteiger partial charge on any atom is 0.269 e. The molecule has 0 atom stereocenters. The predicted octanol–water partition coefficient (Wildman–Crippen LogP) is 6.20. The summed E-state index contributed by atoms with van der Waals surface area (Å²) in [6.45, 7) is 0. The molecular formula is C23H16N4O5S. The Morgan fingerprint density at radius 2 is 1.48 bits per heavy atom. The highest BCUT2D eigenvalue weighted by atomic mass is 32.2. The molecule has 0 saturated heterocycles. The molecule has 164 valence electrons. The lowest BCUT2D eigenvalue weighted by atomic mass is 10.2. The van der Waals surface area contributed by atoms with Crippen molar-refractivity contribution in [3.8, 4) is 11.5 Å². The number of non-ortho nitro benzene ring substituents is 2. The van der Waals surface area contributed by atoms with E-state index in [-0.39, 0.29) is 23.1 Å². The van der Waals surface area contributed by atoms with Gasteiger partial charge in [-0.3, -0.25) is 20.2 Å². The number of hydrogen-bond donors (Lipinski definition) is 0. The van der Waals surface area contributed by atoms with Gasteiger partial charge >= 0.3 is 0 Å². The Labute approximate surface area is 192 Å². The van der Waals surface area contributed by atoms with Crippen LogP contribution in [0.1, 0.15) is 11.1 Å². The predicted molar refractivity (Wildman–Crippen MR) is 125 cm³/mol. The number of rotatable bonds is 8. The van der Waals surface area contributed by atoms with Crippen LogP contribution in [0.5, 0.6) is 0 Å². The third-order valence-corrected chi connectivity index (χ3v) is 5.57. The van der Waals surface area contributed by atoms with Crippen LogP contribution < -0.4 is 0 Å². The van der Waals surface area contributed by atoms with Gasteiger partial charge in [0.05, 0.1) is 9.85 Å². The van der Waals surface area contributed by atoms with Crippen LogP contribution in [0.4, 0.5) is 17.3 Å². The summed E-state index contributed by atoms with van der Waals surface area (Å²) in [5.74, 6) is 1.21. The average molecular weight is 460 g/mol. The van der Waals surface area contributed by atoms with Crippen molar-refractivity contribution in [3.63, 3.8) is 0 Å². The molecule has 3 aromatic carbocycles. The number of hydrogen-bond acceptors (Lipinski definition) is 8. The van der Waals surface area contributed by atoms with Crippen LogP contribution >= 0.6 is 11.8 Å². The first-order valence-corrected chi connectivity index (χ1v) is 10.7. The molecule has 0 amide bonds. The molecule has 10 heteroatoms. The maximum absolute atomic E-state index is 10.9. The fraction of sp³-hybridized carbons (Fsp3) is 0.0435. The number of aromatic nitrogens is 1. The van der Waals surface area contributed by atoms with Crippen molar-refractivity contribution in [2.45, 2.75) is 10.8 Å². The molecule has 4 rings (SSSR count). The zero-order valence-corrected chi connectivity index (χ0v) is 17.8. The second-order valence-electron chi connectivity index (χ2n) is 6.81. The average Bonchev–Trinajstić information content (AvgIpc) is 3.25. The van der Waals surface area contributed by atoms with Gasteiger partial charge in [-0.15, -0.1) is 0 Å². The van der Waals surface area contributed by atoms with Crippen LogP contribution in [0.2, 0.25) is 0 Å². The molecule has 4 aromatic rings. The van der Waals surface area contributed by atoms with Crippen LogP contribution in [0.15, 0.2) is 93.3 Å². The number of nitro groups is 2. The molecule has 9 nitrogen and oxygen atoms in total. The van der Waals surface area contributed by atoms with Crippen molar-refractivity contribution in [1.29, 1.82) is 0 Å². The maximum atomic E-state index is 10.9. The molecule has 1 aromatic heterocycles. The summed E-state index contributed by atoms with van der Waals surface area (Å²) < 4.78 is 5.87. The van der Waals surface area contributed by atoms with E-state index in [2.05, 4.69) is 9.98 Å². The van der Waals surface area contributed by atoms with Crippen molar-refractivity contribution in [3.05, 3.63) is 110 Å². The van der Waals surface area contributed by atoms with Gasteiger partial charge in [-0.25, -0.2) is 9.98 Å². The lowest BCUT2D eigenvalue weighted by molar-refractivity contribution is -0.385. The van der Waals surface area contributed by atoms with Crippen LogP contribution in [-0.4, -0.2) is 21.0 Å². The topological polar surface area (TPSA) is 125 Å². The largest absolute Gasteiger partial charge is 0.417 e. The van der Waals surface area contributed by atoms with E-state index >= 15 is 0 Å². The van der Waals surface area contributed by atoms with Crippen molar-refractivity contribution < 1.29 is 14.3 Å². The van der Waals surface area contributed by atoms with Crippen molar-refractivity contribution in [2.75, 3.05) is 0 Å². The molecule has 0 unspecified atom stereocenters. The van der Waals surface area contributed by atoms with E-state index in [1.807, 2.05) is 30.3 Å². The van der Waals surface area contributed by atoms with Gasteiger partial charge in [0, 0.05) is 41.8 Å². The van der Waals surface area contributed by atoms with Crippen LogP contribution in [0, 0.1) is 20.2 Å². The Morgan fingerprint density at radius 1 is 0.879 bits per heavy atom. The summed E-state index contributed by atoms with van der Waals surface area (Å²) in [4.78, 5) is 29.7. The highest BCUT2D eigenvalue weighted by Gasteiger charge is 2.16. The summed E-state index contributed by atoms with van der Waals surface area (Å²) in [6.07, 6.45) is 1.54. The van der Waals surface area contributed by atoms with Crippen molar-refractivity contribution in [2.24, 2.45) is 4.99 Å². The number of nitro benzene ring substituents is 2. The van der Waals surface area contributed by atoms with Crippen molar-refractivity contribution in [1.82, 2.24) is 4.98 Å². The third-order valence-electron chi connectivity index (χ3n) is 4.56. The van der Waals surface area contributed by atoms with Gasteiger partial charge in [-0.1, -0.05) is 42.1 Å². The summed E-state index contributed by atoms with van der Waals surface area (Å²) >= 11 is 1.45. The summed E-state index contributed by atoms with van der Waals surface area (Å²) in [6, 6.07) is 21.7. The zero-order valence-electron chi connectivity index (χ0n) is 17.0. The molecule has 0 spiro atoms. The van der Waals surface area contributed by atoms with Gasteiger partial charge in [-0.2, -0.15) is 0 Å².